The maximum Gasteiger partial charge on any atom is 0.387 e. The number of carbonyl (C=O) groups is 2. The molecule has 0 aromatic heterocycles. The molecular formula is C21H22F2N2O4. The summed E-state index contributed by atoms with van der Waals surface area (Å²) in [6.07, 6.45) is 3.01. The van der Waals surface area contributed by atoms with Crippen molar-refractivity contribution in [2.45, 2.75) is 13.2 Å². The zero-order valence-electron chi connectivity index (χ0n) is 16.1. The maximum atomic E-state index is 12.4. The third kappa shape index (κ3) is 7.25. The topological polar surface area (TPSA) is 67.9 Å². The van der Waals surface area contributed by atoms with E-state index in [4.69, 9.17) is 4.74 Å². The number of hydrogen-bond donors (Lipinski definition) is 1. The van der Waals surface area contributed by atoms with E-state index in [1.807, 2.05) is 30.3 Å². The summed E-state index contributed by atoms with van der Waals surface area (Å²) in [7, 11) is 2.91. The second kappa shape index (κ2) is 10.8. The van der Waals surface area contributed by atoms with E-state index in [0.717, 1.165) is 5.56 Å². The van der Waals surface area contributed by atoms with Gasteiger partial charge in [-0.3, -0.25) is 9.59 Å². The number of benzene rings is 2. The fourth-order valence-electron chi connectivity index (χ4n) is 2.46. The van der Waals surface area contributed by atoms with Crippen LogP contribution in [0.15, 0.2) is 54.6 Å². The summed E-state index contributed by atoms with van der Waals surface area (Å²) < 4.78 is 34.2. The Hall–Kier alpha value is -3.42. The van der Waals surface area contributed by atoms with Crippen molar-refractivity contribution < 1.29 is 27.8 Å². The first kappa shape index (κ1) is 21.9. The van der Waals surface area contributed by atoms with Crippen LogP contribution in [0.5, 0.6) is 11.5 Å². The summed E-state index contributed by atoms with van der Waals surface area (Å²) in [4.78, 5) is 25.5. The van der Waals surface area contributed by atoms with Crippen molar-refractivity contribution >= 4 is 17.9 Å². The molecule has 6 nitrogen and oxygen atoms in total. The van der Waals surface area contributed by atoms with Gasteiger partial charge < -0.3 is 19.7 Å². The molecule has 2 aromatic carbocycles. The third-order valence-electron chi connectivity index (χ3n) is 3.93. The summed E-state index contributed by atoms with van der Waals surface area (Å²) in [5.74, 6) is -0.634. The van der Waals surface area contributed by atoms with Crippen LogP contribution in [0.4, 0.5) is 8.78 Å². The van der Waals surface area contributed by atoms with Crippen molar-refractivity contribution in [3.8, 4) is 11.5 Å². The average Bonchev–Trinajstić information content (AvgIpc) is 2.71. The lowest BCUT2D eigenvalue weighted by atomic mass is 10.2. The Labute approximate surface area is 167 Å². The zero-order valence-corrected chi connectivity index (χ0v) is 16.1. The fourth-order valence-corrected chi connectivity index (χ4v) is 2.46. The van der Waals surface area contributed by atoms with Crippen molar-refractivity contribution in [3.63, 3.8) is 0 Å². The van der Waals surface area contributed by atoms with Gasteiger partial charge in [0.2, 0.25) is 11.8 Å². The lowest BCUT2D eigenvalue weighted by molar-refractivity contribution is -0.131. The van der Waals surface area contributed by atoms with E-state index < -0.39 is 6.61 Å². The molecule has 0 aliphatic carbocycles. The van der Waals surface area contributed by atoms with E-state index in [0.29, 0.717) is 5.56 Å². The first-order valence-electron chi connectivity index (χ1n) is 8.75. The molecule has 0 radical (unpaired) electrons. The average molecular weight is 404 g/mol. The highest BCUT2D eigenvalue weighted by atomic mass is 19.3. The highest BCUT2D eigenvalue weighted by molar-refractivity contribution is 5.94. The quantitative estimate of drug-likeness (QED) is 0.653. The number of methoxy groups -OCH3 is 1. The predicted octanol–water partition coefficient (Wildman–Crippen LogP) is 3.08. The van der Waals surface area contributed by atoms with Crippen LogP contribution in [0.2, 0.25) is 0 Å². The number of amides is 2. The minimum atomic E-state index is -2.96. The van der Waals surface area contributed by atoms with Crippen LogP contribution in [-0.4, -0.2) is 44.0 Å². The fraction of sp³-hybridized carbons (Fsp3) is 0.238. The number of hydrogen-bond acceptors (Lipinski definition) is 4. The number of likely N-dealkylation sites (N-methyl/N-ethyl adjacent to an activating group) is 1. The summed E-state index contributed by atoms with van der Waals surface area (Å²) in [6, 6.07) is 13.7. The molecule has 2 amide bonds. The van der Waals surface area contributed by atoms with E-state index >= 15 is 0 Å². The number of ether oxygens (including phenoxy) is 2. The summed E-state index contributed by atoms with van der Waals surface area (Å²) in [6.45, 7) is -2.92. The van der Waals surface area contributed by atoms with Crippen LogP contribution in [0.1, 0.15) is 11.1 Å². The molecule has 8 heteroatoms. The molecular weight excluding hydrogens is 382 g/mol. The molecule has 0 heterocycles. The molecule has 0 unspecified atom stereocenters. The smallest absolute Gasteiger partial charge is 0.387 e. The molecule has 0 aliphatic rings. The Morgan fingerprint density at radius 2 is 1.86 bits per heavy atom. The third-order valence-corrected chi connectivity index (χ3v) is 3.93. The van der Waals surface area contributed by atoms with E-state index in [1.54, 1.807) is 19.2 Å². The van der Waals surface area contributed by atoms with Crippen molar-refractivity contribution in [1.29, 1.82) is 0 Å². The van der Waals surface area contributed by atoms with Crippen molar-refractivity contribution in [2.75, 3.05) is 20.7 Å². The summed E-state index contributed by atoms with van der Waals surface area (Å²) in [5, 5.41) is 2.53. The first-order chi connectivity index (χ1) is 13.9. The highest BCUT2D eigenvalue weighted by Crippen LogP contribution is 2.29. The monoisotopic (exact) mass is 404 g/mol. The Balaban J connectivity index is 1.87. The molecule has 2 rings (SSSR count). The number of nitrogens with zero attached hydrogens (tertiary/aromatic N) is 1. The highest BCUT2D eigenvalue weighted by Gasteiger charge is 2.14. The van der Waals surface area contributed by atoms with Crippen molar-refractivity contribution in [2.24, 2.45) is 0 Å². The van der Waals surface area contributed by atoms with E-state index in [1.165, 1.54) is 30.2 Å². The van der Waals surface area contributed by atoms with Gasteiger partial charge in [-0.25, -0.2) is 0 Å². The van der Waals surface area contributed by atoms with Gasteiger partial charge in [-0.15, -0.1) is 0 Å². The maximum absolute atomic E-state index is 12.4. The standard InChI is InChI=1S/C21H22F2N2O4/c1-25(14-16-8-10-17(29-21(22)23)18(12-16)28-2)20(27)13-24-19(26)11-9-15-6-4-3-5-7-15/h3-12,21H,13-14H2,1-2H3,(H,24,26)/b11-9+. The molecule has 0 aliphatic heterocycles. The lowest BCUT2D eigenvalue weighted by Crippen LogP contribution is -2.37. The van der Waals surface area contributed by atoms with Gasteiger partial charge in [-0.2, -0.15) is 8.78 Å². The molecule has 0 atom stereocenters. The summed E-state index contributed by atoms with van der Waals surface area (Å²) >= 11 is 0. The molecule has 0 spiro atoms. The van der Waals surface area contributed by atoms with Crippen molar-refractivity contribution in [3.05, 3.63) is 65.7 Å². The molecule has 1 N–H and O–H groups in total. The Bertz CT molecular complexity index is 857. The van der Waals surface area contributed by atoms with Crippen LogP contribution in [0, 0.1) is 0 Å². The van der Waals surface area contributed by atoms with Crippen LogP contribution < -0.4 is 14.8 Å². The van der Waals surface area contributed by atoms with Gasteiger partial charge in [0.1, 0.15) is 0 Å². The number of alkyl halides is 2. The van der Waals surface area contributed by atoms with Gasteiger partial charge in [0.05, 0.1) is 13.7 Å². The number of carbonyl (C=O) groups excluding carboxylic acids is 2. The van der Waals surface area contributed by atoms with E-state index in [-0.39, 0.29) is 36.4 Å². The number of nitrogens with one attached hydrogen (secondary N) is 1. The van der Waals surface area contributed by atoms with Crippen LogP contribution in [0.25, 0.3) is 6.08 Å². The van der Waals surface area contributed by atoms with E-state index in [2.05, 4.69) is 10.1 Å². The normalized spacial score (nSPS) is 10.8. The SMILES string of the molecule is COc1cc(CN(C)C(=O)CNC(=O)/C=C/c2ccccc2)ccc1OC(F)F. The summed E-state index contributed by atoms with van der Waals surface area (Å²) in [5.41, 5.74) is 1.54. The Kier molecular flexibility index (Phi) is 8.14. The number of rotatable bonds is 9. The van der Waals surface area contributed by atoms with Gasteiger partial charge >= 0.3 is 6.61 Å². The van der Waals surface area contributed by atoms with Crippen molar-refractivity contribution in [1.82, 2.24) is 10.2 Å². The lowest BCUT2D eigenvalue weighted by Gasteiger charge is -2.18. The Morgan fingerprint density at radius 1 is 1.14 bits per heavy atom. The molecule has 0 saturated carbocycles. The van der Waals surface area contributed by atoms with Gasteiger partial charge in [0.15, 0.2) is 11.5 Å². The van der Waals surface area contributed by atoms with Crippen LogP contribution in [-0.2, 0) is 16.1 Å². The first-order valence-corrected chi connectivity index (χ1v) is 8.75. The second-order valence-electron chi connectivity index (χ2n) is 6.08. The molecule has 2 aromatic rings. The largest absolute Gasteiger partial charge is 0.493 e. The van der Waals surface area contributed by atoms with Gasteiger partial charge in [0, 0.05) is 19.7 Å². The Morgan fingerprint density at radius 3 is 2.52 bits per heavy atom. The minimum absolute atomic E-state index is 0.0855. The minimum Gasteiger partial charge on any atom is -0.493 e. The molecule has 0 fully saturated rings. The van der Waals surface area contributed by atoms with Gasteiger partial charge in [-0.1, -0.05) is 36.4 Å². The van der Waals surface area contributed by atoms with Crippen LogP contribution >= 0.6 is 0 Å². The molecule has 29 heavy (non-hydrogen) atoms. The van der Waals surface area contributed by atoms with Crippen LogP contribution in [0.3, 0.4) is 0 Å². The zero-order chi connectivity index (χ0) is 21.2. The molecule has 154 valence electrons. The van der Waals surface area contributed by atoms with Gasteiger partial charge in [0.25, 0.3) is 0 Å². The molecule has 0 saturated heterocycles. The molecule has 0 bridgehead atoms. The predicted molar refractivity (Wildman–Crippen MR) is 105 cm³/mol. The second-order valence-corrected chi connectivity index (χ2v) is 6.08. The number of halogens is 2. The van der Waals surface area contributed by atoms with E-state index in [9.17, 15) is 18.4 Å². The van der Waals surface area contributed by atoms with Gasteiger partial charge in [-0.05, 0) is 29.3 Å².